The minimum absolute atomic E-state index is 0.0615. The highest BCUT2D eigenvalue weighted by molar-refractivity contribution is 9.10. The fraction of sp³-hybridized carbons (Fsp3) is 0.515. The fourth-order valence-corrected chi connectivity index (χ4v) is 5.80. The Morgan fingerprint density at radius 2 is 1.38 bits per heavy atom. The lowest BCUT2D eigenvalue weighted by molar-refractivity contribution is -0.140. The number of ketones is 1. The molecule has 1 aliphatic heterocycles. The molecule has 1 atom stereocenters. The van der Waals surface area contributed by atoms with Crippen LogP contribution in [0.1, 0.15) is 114 Å². The van der Waals surface area contributed by atoms with Crippen LogP contribution in [0.2, 0.25) is 0 Å². The van der Waals surface area contributed by atoms with Gasteiger partial charge < -0.3 is 10.0 Å². The fourth-order valence-electron chi connectivity index (χ4n) is 5.40. The first-order valence-corrected chi connectivity index (χ1v) is 15.5. The van der Waals surface area contributed by atoms with Crippen LogP contribution in [-0.2, 0) is 9.59 Å². The Hall–Kier alpha value is -2.47. The molecule has 0 aromatic heterocycles. The average Bonchev–Trinajstić information content (AvgIpc) is 3.18. The minimum Gasteiger partial charge on any atom is -0.507 e. The number of hydrogen-bond acceptors (Lipinski definition) is 3. The van der Waals surface area contributed by atoms with Gasteiger partial charge in [-0.25, -0.2) is 4.39 Å². The number of amides is 1. The largest absolute Gasteiger partial charge is 0.507 e. The highest BCUT2D eigenvalue weighted by atomic mass is 79.9. The second kappa shape index (κ2) is 16.6. The van der Waals surface area contributed by atoms with Gasteiger partial charge in [-0.05, 0) is 24.6 Å². The maximum atomic E-state index is 14.9. The van der Waals surface area contributed by atoms with Crippen molar-refractivity contribution in [2.45, 2.75) is 103 Å². The molecule has 2 aromatic carbocycles. The summed E-state index contributed by atoms with van der Waals surface area (Å²) in [6.45, 7) is 2.59. The molecule has 2 aromatic rings. The molecular formula is C33H43BrFNO3. The first-order chi connectivity index (χ1) is 19.0. The summed E-state index contributed by atoms with van der Waals surface area (Å²) < 4.78 is 15.6. The molecule has 0 aliphatic carbocycles. The molecule has 39 heavy (non-hydrogen) atoms. The number of Topliss-reactive ketones (excluding diaryl/α,β-unsaturated/α-hetero) is 1. The Balaban J connectivity index is 1.54. The van der Waals surface area contributed by atoms with E-state index in [0.717, 1.165) is 30.2 Å². The predicted octanol–water partition coefficient (Wildman–Crippen LogP) is 9.49. The molecule has 1 amide bonds. The van der Waals surface area contributed by atoms with Crippen molar-refractivity contribution in [1.82, 2.24) is 4.90 Å². The van der Waals surface area contributed by atoms with Crippen LogP contribution in [-0.4, -0.2) is 28.2 Å². The van der Waals surface area contributed by atoms with Gasteiger partial charge in [0.2, 0.25) is 0 Å². The van der Waals surface area contributed by atoms with Crippen LogP contribution in [0.25, 0.3) is 5.76 Å². The van der Waals surface area contributed by atoms with Gasteiger partial charge in [0.25, 0.3) is 11.7 Å². The minimum atomic E-state index is -0.952. The summed E-state index contributed by atoms with van der Waals surface area (Å²) in [5, 5.41) is 11.1. The van der Waals surface area contributed by atoms with Gasteiger partial charge in [-0.3, -0.25) is 9.59 Å². The Morgan fingerprint density at radius 3 is 1.95 bits per heavy atom. The molecule has 1 fully saturated rings. The Labute approximate surface area is 241 Å². The van der Waals surface area contributed by atoms with Crippen molar-refractivity contribution in [1.29, 1.82) is 0 Å². The molecule has 1 saturated heterocycles. The van der Waals surface area contributed by atoms with Gasteiger partial charge in [0, 0.05) is 22.1 Å². The van der Waals surface area contributed by atoms with Crippen LogP contribution in [0.5, 0.6) is 0 Å². The van der Waals surface area contributed by atoms with Gasteiger partial charge in [-0.1, -0.05) is 137 Å². The highest BCUT2D eigenvalue weighted by Crippen LogP contribution is 2.40. The summed E-state index contributed by atoms with van der Waals surface area (Å²) in [7, 11) is 0. The Bertz CT molecular complexity index is 1120. The van der Waals surface area contributed by atoms with Gasteiger partial charge >= 0.3 is 0 Å². The van der Waals surface area contributed by atoms with E-state index in [1.807, 2.05) is 0 Å². The number of rotatable bonds is 17. The van der Waals surface area contributed by atoms with E-state index < -0.39 is 23.5 Å². The van der Waals surface area contributed by atoms with E-state index in [1.165, 1.54) is 75.2 Å². The lowest BCUT2D eigenvalue weighted by Crippen LogP contribution is -2.31. The van der Waals surface area contributed by atoms with Crippen molar-refractivity contribution >= 4 is 33.4 Å². The summed E-state index contributed by atoms with van der Waals surface area (Å²) in [6, 6.07) is 12.1. The first-order valence-electron chi connectivity index (χ1n) is 14.7. The molecule has 0 unspecified atom stereocenters. The second-order valence-corrected chi connectivity index (χ2v) is 11.5. The van der Waals surface area contributed by atoms with Crippen molar-refractivity contribution in [2.24, 2.45) is 0 Å². The van der Waals surface area contributed by atoms with Gasteiger partial charge in [0.15, 0.2) is 0 Å². The lowest BCUT2D eigenvalue weighted by Gasteiger charge is -2.25. The van der Waals surface area contributed by atoms with Gasteiger partial charge in [-0.2, -0.15) is 0 Å². The SMILES string of the molecule is CCCCCCCCCCCCCCCCN1C(=O)C(=O)/C(=C(/O)c2cccc(Br)c2)[C@H]1c1ccccc1F. The van der Waals surface area contributed by atoms with Crippen LogP contribution >= 0.6 is 15.9 Å². The van der Waals surface area contributed by atoms with Crippen LogP contribution in [0, 0.1) is 5.82 Å². The monoisotopic (exact) mass is 599 g/mol. The third kappa shape index (κ3) is 9.02. The molecule has 0 bridgehead atoms. The molecule has 1 N–H and O–H groups in total. The van der Waals surface area contributed by atoms with Crippen molar-refractivity contribution in [3.05, 3.63) is 75.5 Å². The zero-order valence-electron chi connectivity index (χ0n) is 23.3. The molecular weight excluding hydrogens is 557 g/mol. The number of benzene rings is 2. The third-order valence-electron chi connectivity index (χ3n) is 7.59. The number of aliphatic hydroxyl groups excluding tert-OH is 1. The number of unbranched alkanes of at least 4 members (excludes halogenated alkanes) is 13. The highest BCUT2D eigenvalue weighted by Gasteiger charge is 2.46. The summed E-state index contributed by atoms with van der Waals surface area (Å²) in [6.07, 6.45) is 17.2. The van der Waals surface area contributed by atoms with Crippen molar-refractivity contribution in [3.63, 3.8) is 0 Å². The van der Waals surface area contributed by atoms with Crippen LogP contribution in [0.15, 0.2) is 58.6 Å². The van der Waals surface area contributed by atoms with E-state index in [-0.39, 0.29) is 16.9 Å². The maximum Gasteiger partial charge on any atom is 0.295 e. The standard InChI is InChI=1S/C33H43BrFNO3/c1-2-3-4-5-6-7-8-9-10-11-12-13-14-17-23-36-30(27-21-15-16-22-28(27)35)29(32(38)33(36)39)31(37)25-19-18-20-26(34)24-25/h15-16,18-22,24,30,37H,2-14,17,23H2,1H3/b31-29+/t30-/m1/s1. The van der Waals surface area contributed by atoms with Crippen LogP contribution < -0.4 is 0 Å². The first kappa shape index (κ1) is 31.1. The molecule has 1 aliphatic rings. The van der Waals surface area contributed by atoms with Gasteiger partial charge in [0.1, 0.15) is 11.6 Å². The number of carbonyl (C=O) groups is 2. The number of likely N-dealkylation sites (tertiary alicyclic amines) is 1. The van der Waals surface area contributed by atoms with E-state index in [2.05, 4.69) is 22.9 Å². The summed E-state index contributed by atoms with van der Waals surface area (Å²) >= 11 is 3.38. The third-order valence-corrected chi connectivity index (χ3v) is 8.08. The van der Waals surface area contributed by atoms with Crippen molar-refractivity contribution < 1.29 is 19.1 Å². The van der Waals surface area contributed by atoms with Crippen molar-refractivity contribution in [3.8, 4) is 0 Å². The Kier molecular flexibility index (Phi) is 13.2. The zero-order chi connectivity index (χ0) is 28.0. The molecule has 4 nitrogen and oxygen atoms in total. The van der Waals surface area contributed by atoms with Crippen LogP contribution in [0.4, 0.5) is 4.39 Å². The number of aliphatic hydroxyl groups is 1. The Morgan fingerprint density at radius 1 is 0.821 bits per heavy atom. The van der Waals surface area contributed by atoms with Gasteiger partial charge in [0.05, 0.1) is 11.6 Å². The zero-order valence-corrected chi connectivity index (χ0v) is 24.9. The van der Waals surface area contributed by atoms with E-state index in [1.54, 1.807) is 42.5 Å². The van der Waals surface area contributed by atoms with Gasteiger partial charge in [-0.15, -0.1) is 0 Å². The van der Waals surface area contributed by atoms with E-state index >= 15 is 0 Å². The molecule has 3 rings (SSSR count). The molecule has 0 radical (unpaired) electrons. The van der Waals surface area contributed by atoms with Crippen molar-refractivity contribution in [2.75, 3.05) is 6.54 Å². The number of nitrogens with zero attached hydrogens (tertiary/aromatic N) is 1. The predicted molar refractivity (Wildman–Crippen MR) is 160 cm³/mol. The molecule has 0 spiro atoms. The molecule has 0 saturated carbocycles. The topological polar surface area (TPSA) is 57.6 Å². The summed E-state index contributed by atoms with van der Waals surface area (Å²) in [5.41, 5.74) is 0.562. The quantitative estimate of drug-likeness (QED) is 0.0852. The van der Waals surface area contributed by atoms with E-state index in [4.69, 9.17) is 0 Å². The maximum absolute atomic E-state index is 14.9. The average molecular weight is 601 g/mol. The smallest absolute Gasteiger partial charge is 0.295 e. The molecule has 212 valence electrons. The number of hydrogen-bond donors (Lipinski definition) is 1. The normalized spacial score (nSPS) is 16.8. The van der Waals surface area contributed by atoms with Crippen LogP contribution in [0.3, 0.4) is 0 Å². The molecule has 6 heteroatoms. The van der Waals surface area contributed by atoms with E-state index in [9.17, 15) is 19.1 Å². The van der Waals surface area contributed by atoms with E-state index in [0.29, 0.717) is 12.1 Å². The molecule has 1 heterocycles. The lowest BCUT2D eigenvalue weighted by atomic mass is 9.95. The number of halogens is 2. The summed E-state index contributed by atoms with van der Waals surface area (Å²) in [5.74, 6) is -2.25. The number of carbonyl (C=O) groups excluding carboxylic acids is 2. The summed E-state index contributed by atoms with van der Waals surface area (Å²) in [4.78, 5) is 27.6. The second-order valence-electron chi connectivity index (χ2n) is 10.6.